The normalized spacial score (nSPS) is 16.1. The number of aromatic nitrogens is 4. The third-order valence-corrected chi connectivity index (χ3v) is 12.6. The quantitative estimate of drug-likeness (QED) is 0.0411. The van der Waals surface area contributed by atoms with Crippen molar-refractivity contribution in [2.75, 3.05) is 25.2 Å². The molecule has 0 bridgehead atoms. The molecule has 12 nitrogen and oxygen atoms in total. The Balaban J connectivity index is 1.36. The lowest BCUT2D eigenvalue weighted by atomic mass is 9.92. The van der Waals surface area contributed by atoms with Gasteiger partial charge in [-0.15, -0.1) is 0 Å². The SMILES string of the molecule is CNc1c(-n2c(C(Cc3cc(F)cc(F)c3)NC(=O)Cn3nc(C(F)F)c4c3C(F)(F)C(C)C4)nc3cc(-c4cc(F)c5c(c4C)CCCO5)ccc3c2=O)ccc(Cl)c1C(=N)N[S+](C)[O-]. The molecule has 1 amide bonds. The zero-order valence-electron chi connectivity index (χ0n) is 35.5. The van der Waals surface area contributed by atoms with Crippen LogP contribution < -0.4 is 25.7 Å². The van der Waals surface area contributed by atoms with Gasteiger partial charge in [0.1, 0.15) is 41.6 Å². The standard InChI is InChI=1S/C45H40ClF7N8O4S/c1-20-12-29-37(41(50)51)58-60(40(29)45(20,52)53)19-35(62)56-33(15-22-13-24(47)17-25(48)14-22)43-57-32-16-23(28-18-31(49)39-26(21(28)2)6-5-11-65-39)7-8-27(32)44(63)61(43)34-10-9-30(46)36(38(34)55-3)42(54)59-66(4)64/h7-10,13-14,16-18,20,33,41,55H,5-6,11-12,15,19H2,1-4H3,(H2,54,59)(H,56,62). The number of benzene rings is 4. The van der Waals surface area contributed by atoms with Crippen LogP contribution in [0.4, 0.5) is 36.4 Å². The van der Waals surface area contributed by atoms with E-state index in [1.165, 1.54) is 50.6 Å². The number of carbonyl (C=O) groups excluding carboxylic acids is 1. The summed E-state index contributed by atoms with van der Waals surface area (Å²) in [7, 11) is 1.45. The predicted molar refractivity (Wildman–Crippen MR) is 235 cm³/mol. The molecular formula is C45H40ClF7N8O4S. The number of alkyl halides is 4. The molecule has 1 aliphatic heterocycles. The van der Waals surface area contributed by atoms with E-state index in [2.05, 4.69) is 20.5 Å². The van der Waals surface area contributed by atoms with Crippen LogP contribution in [0.1, 0.15) is 70.8 Å². The van der Waals surface area contributed by atoms with Gasteiger partial charge < -0.3 is 19.9 Å². The fraction of sp³-hybridized carbons (Fsp3) is 0.311. The number of carbonyl (C=O) groups is 1. The van der Waals surface area contributed by atoms with Crippen molar-refractivity contribution in [2.45, 2.75) is 64.5 Å². The lowest BCUT2D eigenvalue weighted by Gasteiger charge is -2.26. The van der Waals surface area contributed by atoms with E-state index in [-0.39, 0.29) is 55.6 Å². The third kappa shape index (κ3) is 8.45. The second-order valence-corrected chi connectivity index (χ2v) is 17.7. The van der Waals surface area contributed by atoms with Crippen molar-refractivity contribution in [3.05, 3.63) is 132 Å². The molecule has 8 rings (SSSR count). The highest BCUT2D eigenvalue weighted by molar-refractivity contribution is 7.89. The minimum absolute atomic E-state index is 0.00630. The molecule has 0 saturated carbocycles. The van der Waals surface area contributed by atoms with Gasteiger partial charge in [0.25, 0.3) is 17.9 Å². The Morgan fingerprint density at radius 2 is 1.82 bits per heavy atom. The number of amidine groups is 1. The average Bonchev–Trinajstić information content (AvgIpc) is 3.73. The van der Waals surface area contributed by atoms with Gasteiger partial charge in [0.15, 0.2) is 17.4 Å². The van der Waals surface area contributed by atoms with Crippen molar-refractivity contribution >= 4 is 51.3 Å². The molecule has 3 atom stereocenters. The largest absolute Gasteiger partial charge is 0.593 e. The predicted octanol–water partition coefficient (Wildman–Crippen LogP) is 8.53. The number of fused-ring (bicyclic) bond motifs is 3. The molecule has 1 aliphatic carbocycles. The minimum atomic E-state index is -3.64. The molecule has 4 aromatic carbocycles. The van der Waals surface area contributed by atoms with E-state index in [0.29, 0.717) is 52.5 Å². The van der Waals surface area contributed by atoms with Gasteiger partial charge >= 0.3 is 0 Å². The maximum Gasteiger partial charge on any atom is 0.292 e. The van der Waals surface area contributed by atoms with Crippen LogP contribution in [0.25, 0.3) is 27.7 Å². The van der Waals surface area contributed by atoms with Gasteiger partial charge in [-0.1, -0.05) is 24.6 Å². The highest BCUT2D eigenvalue weighted by Gasteiger charge is 2.51. The molecule has 3 unspecified atom stereocenters. The van der Waals surface area contributed by atoms with Crippen molar-refractivity contribution < 1.29 is 44.8 Å². The van der Waals surface area contributed by atoms with E-state index >= 15 is 18.0 Å². The van der Waals surface area contributed by atoms with Gasteiger partial charge in [-0.3, -0.25) is 24.2 Å². The molecule has 346 valence electrons. The van der Waals surface area contributed by atoms with Gasteiger partial charge in [0, 0.05) is 36.6 Å². The first-order valence-corrected chi connectivity index (χ1v) is 22.4. The van der Waals surface area contributed by atoms with Gasteiger partial charge in [-0.05, 0) is 90.9 Å². The van der Waals surface area contributed by atoms with Crippen LogP contribution in [0.2, 0.25) is 5.02 Å². The van der Waals surface area contributed by atoms with Crippen molar-refractivity contribution in [1.29, 1.82) is 5.41 Å². The molecule has 21 heteroatoms. The van der Waals surface area contributed by atoms with E-state index in [0.717, 1.165) is 16.7 Å². The summed E-state index contributed by atoms with van der Waals surface area (Å²) in [5.74, 6) is -9.26. The maximum absolute atomic E-state index is 15.6. The number of hydrogen-bond acceptors (Lipinski definition) is 8. The monoisotopic (exact) mass is 956 g/mol. The molecule has 2 aromatic heterocycles. The second-order valence-electron chi connectivity index (χ2n) is 16.1. The molecule has 0 fully saturated rings. The molecular weight excluding hydrogens is 917 g/mol. The molecule has 0 spiro atoms. The van der Waals surface area contributed by atoms with E-state index in [1.54, 1.807) is 13.0 Å². The lowest BCUT2D eigenvalue weighted by Crippen LogP contribution is -2.38. The first-order valence-electron chi connectivity index (χ1n) is 20.5. The summed E-state index contributed by atoms with van der Waals surface area (Å²) in [5, 5.41) is 18.0. The van der Waals surface area contributed by atoms with E-state index < -0.39 is 101 Å². The van der Waals surface area contributed by atoms with Crippen LogP contribution in [0, 0.1) is 35.7 Å². The third-order valence-electron chi connectivity index (χ3n) is 11.8. The first kappa shape index (κ1) is 46.4. The molecule has 0 saturated heterocycles. The topological polar surface area (TPSA) is 162 Å². The number of anilines is 1. The Bertz CT molecular complexity index is 3000. The van der Waals surface area contributed by atoms with Gasteiger partial charge in [0.05, 0.1) is 56.9 Å². The molecule has 6 aromatic rings. The zero-order valence-corrected chi connectivity index (χ0v) is 37.1. The fourth-order valence-corrected chi connectivity index (χ4v) is 9.48. The van der Waals surface area contributed by atoms with Crippen molar-refractivity contribution in [2.24, 2.45) is 5.92 Å². The number of nitrogens with zero attached hydrogens (tertiary/aromatic N) is 4. The fourth-order valence-electron chi connectivity index (χ4n) is 8.84. The highest BCUT2D eigenvalue weighted by atomic mass is 35.5. The van der Waals surface area contributed by atoms with E-state index in [1.807, 2.05) is 0 Å². The van der Waals surface area contributed by atoms with Gasteiger partial charge in [0.2, 0.25) is 5.91 Å². The second kappa shape index (κ2) is 17.9. The summed E-state index contributed by atoms with van der Waals surface area (Å²) in [6.07, 6.45) is -1.67. The Labute approximate surface area is 380 Å². The Kier molecular flexibility index (Phi) is 12.6. The van der Waals surface area contributed by atoms with Crippen LogP contribution in [-0.4, -0.2) is 55.5 Å². The van der Waals surface area contributed by atoms with Crippen LogP contribution >= 0.6 is 11.6 Å². The first-order chi connectivity index (χ1) is 31.3. The summed E-state index contributed by atoms with van der Waals surface area (Å²) in [6.45, 7) is 2.32. The Morgan fingerprint density at radius 1 is 1.09 bits per heavy atom. The number of rotatable bonds is 12. The summed E-state index contributed by atoms with van der Waals surface area (Å²) in [6, 6.07) is 9.60. The number of ether oxygens (including phenoxy) is 1. The highest BCUT2D eigenvalue weighted by Crippen LogP contribution is 2.48. The smallest absolute Gasteiger partial charge is 0.292 e. The molecule has 0 radical (unpaired) electrons. The number of nitrogens with one attached hydrogen (secondary N) is 4. The number of amides is 1. The summed E-state index contributed by atoms with van der Waals surface area (Å²) in [4.78, 5) is 34.2. The van der Waals surface area contributed by atoms with Crippen LogP contribution in [0.15, 0.2) is 59.4 Å². The molecule has 2 aliphatic rings. The van der Waals surface area contributed by atoms with Gasteiger partial charge in [-0.25, -0.2) is 26.9 Å². The van der Waals surface area contributed by atoms with E-state index in [9.17, 15) is 26.9 Å². The number of hydrogen-bond donors (Lipinski definition) is 4. The van der Waals surface area contributed by atoms with Crippen LogP contribution in [-0.2, 0) is 47.9 Å². The summed E-state index contributed by atoms with van der Waals surface area (Å²) in [5.41, 5.74) is -0.715. The van der Waals surface area contributed by atoms with Crippen molar-refractivity contribution in [3.8, 4) is 22.6 Å². The Hall–Kier alpha value is -6.12. The molecule has 3 heterocycles. The average molecular weight is 957 g/mol. The van der Waals surface area contributed by atoms with Gasteiger partial charge in [-0.2, -0.15) is 18.6 Å². The number of halogens is 8. The maximum atomic E-state index is 15.6. The van der Waals surface area contributed by atoms with Crippen LogP contribution in [0.5, 0.6) is 5.75 Å². The molecule has 66 heavy (non-hydrogen) atoms. The molecule has 4 N–H and O–H groups in total. The Morgan fingerprint density at radius 3 is 2.50 bits per heavy atom. The van der Waals surface area contributed by atoms with E-state index in [4.69, 9.17) is 26.7 Å². The van der Waals surface area contributed by atoms with Crippen LogP contribution in [0.3, 0.4) is 0 Å². The van der Waals surface area contributed by atoms with Crippen molar-refractivity contribution in [3.63, 3.8) is 0 Å². The zero-order chi connectivity index (χ0) is 47.5. The minimum Gasteiger partial charge on any atom is -0.593 e. The summed E-state index contributed by atoms with van der Waals surface area (Å²) >= 11 is 4.85. The summed E-state index contributed by atoms with van der Waals surface area (Å²) < 4.78 is 126. The van der Waals surface area contributed by atoms with Crippen molar-refractivity contribution in [1.82, 2.24) is 29.4 Å². The lowest BCUT2D eigenvalue weighted by molar-refractivity contribution is -0.123.